The third-order valence-corrected chi connectivity index (χ3v) is 6.17. The lowest BCUT2D eigenvalue weighted by molar-refractivity contribution is -0.188. The van der Waals surface area contributed by atoms with Crippen LogP contribution >= 0.6 is 12.2 Å². The first-order valence-electron chi connectivity index (χ1n) is 12.1. The van der Waals surface area contributed by atoms with Crippen LogP contribution in [0.4, 0.5) is 0 Å². The van der Waals surface area contributed by atoms with Crippen molar-refractivity contribution < 1.29 is 23.7 Å². The molecule has 0 aromatic heterocycles. The number of hydrogen-bond acceptors (Lipinski definition) is 6. The predicted octanol–water partition coefficient (Wildman–Crippen LogP) is 5.67. The molecule has 0 aliphatic carbocycles. The van der Waals surface area contributed by atoms with E-state index in [0.717, 1.165) is 16.7 Å². The Hall–Kier alpha value is -2.87. The molecular formula is C30H32O5S. The number of rotatable bonds is 13. The normalized spacial score (nSPS) is 21.6. The molecule has 4 rings (SSSR count). The van der Waals surface area contributed by atoms with Crippen LogP contribution in [-0.2, 0) is 43.5 Å². The summed E-state index contributed by atoms with van der Waals surface area (Å²) in [6, 6.07) is 30.0. The average Bonchev–Trinajstić information content (AvgIpc) is 2.92. The molecule has 188 valence electrons. The van der Waals surface area contributed by atoms with Crippen molar-refractivity contribution in [3.8, 4) is 0 Å². The van der Waals surface area contributed by atoms with Gasteiger partial charge in [-0.25, -0.2) is 0 Å². The molecule has 0 spiro atoms. The maximum absolute atomic E-state index is 6.42. The van der Waals surface area contributed by atoms with Crippen LogP contribution in [0.25, 0.3) is 0 Å². The topological polar surface area (TPSA) is 46.2 Å². The van der Waals surface area contributed by atoms with Crippen LogP contribution in [0.5, 0.6) is 0 Å². The standard InChI is InChI=1S/C30H32O5S/c1-2-18-32-28-27(33-20-24-14-8-4-9-15-24)26(22-31-19-23-12-6-3-7-13-23)35-30(36)29(28)34-21-25-16-10-5-11-17-25/h2-17,26-29H,1,18-22H2/t26-,27-,28+,29-/m1/s1. The Kier molecular flexibility index (Phi) is 10.2. The first kappa shape index (κ1) is 26.2. The summed E-state index contributed by atoms with van der Waals surface area (Å²) in [5, 5.41) is 0.341. The minimum atomic E-state index is -0.577. The van der Waals surface area contributed by atoms with E-state index in [1.54, 1.807) is 6.08 Å². The molecule has 0 radical (unpaired) electrons. The van der Waals surface area contributed by atoms with E-state index in [-0.39, 0.29) is 0 Å². The minimum absolute atomic E-state index is 0.299. The molecular weight excluding hydrogens is 472 g/mol. The van der Waals surface area contributed by atoms with Gasteiger partial charge < -0.3 is 23.7 Å². The SMILES string of the molecule is C=CCO[C@H]1[C@H](OCc2ccccc2)[C@@H](COCc2ccccc2)OC(=S)[C@@H]1OCc1ccccc1. The molecule has 1 fully saturated rings. The highest BCUT2D eigenvalue weighted by Gasteiger charge is 2.46. The van der Waals surface area contributed by atoms with Crippen LogP contribution in [0.15, 0.2) is 104 Å². The Labute approximate surface area is 218 Å². The van der Waals surface area contributed by atoms with Crippen molar-refractivity contribution in [3.63, 3.8) is 0 Å². The van der Waals surface area contributed by atoms with Crippen LogP contribution in [-0.4, -0.2) is 42.7 Å². The summed E-state index contributed by atoms with van der Waals surface area (Å²) in [6.45, 7) is 5.68. The predicted molar refractivity (Wildman–Crippen MR) is 144 cm³/mol. The van der Waals surface area contributed by atoms with Gasteiger partial charge in [0.05, 0.1) is 33.0 Å². The number of thiocarbonyl (C=S) groups is 1. The summed E-state index contributed by atoms with van der Waals surface area (Å²) in [5.41, 5.74) is 3.18. The quantitative estimate of drug-likeness (QED) is 0.221. The number of hydrogen-bond donors (Lipinski definition) is 0. The molecule has 36 heavy (non-hydrogen) atoms. The van der Waals surface area contributed by atoms with Gasteiger partial charge in [0.25, 0.3) is 0 Å². The van der Waals surface area contributed by atoms with E-state index in [4.69, 9.17) is 35.9 Å². The second-order valence-corrected chi connectivity index (χ2v) is 8.94. The third kappa shape index (κ3) is 7.56. The first-order valence-corrected chi connectivity index (χ1v) is 12.5. The van der Waals surface area contributed by atoms with Gasteiger partial charge in [-0.3, -0.25) is 0 Å². The van der Waals surface area contributed by atoms with Gasteiger partial charge in [0.15, 0.2) is 17.3 Å². The van der Waals surface area contributed by atoms with E-state index in [9.17, 15) is 0 Å². The molecule has 0 bridgehead atoms. The Balaban J connectivity index is 1.50. The summed E-state index contributed by atoms with van der Waals surface area (Å²) < 4.78 is 31.1. The zero-order chi connectivity index (χ0) is 25.0. The van der Waals surface area contributed by atoms with E-state index < -0.39 is 24.4 Å². The van der Waals surface area contributed by atoms with Gasteiger partial charge in [-0.2, -0.15) is 0 Å². The Morgan fingerprint density at radius 3 is 1.78 bits per heavy atom. The van der Waals surface area contributed by atoms with Crippen molar-refractivity contribution in [2.45, 2.75) is 44.2 Å². The lowest BCUT2D eigenvalue weighted by atomic mass is 9.99. The fourth-order valence-electron chi connectivity index (χ4n) is 4.05. The van der Waals surface area contributed by atoms with Gasteiger partial charge in [-0.15, -0.1) is 6.58 Å². The van der Waals surface area contributed by atoms with Gasteiger partial charge >= 0.3 is 0 Å². The van der Waals surface area contributed by atoms with Gasteiger partial charge in [0.2, 0.25) is 0 Å². The van der Waals surface area contributed by atoms with E-state index >= 15 is 0 Å². The van der Waals surface area contributed by atoms with Crippen molar-refractivity contribution >= 4 is 17.3 Å². The highest BCUT2D eigenvalue weighted by molar-refractivity contribution is 7.80. The molecule has 1 heterocycles. The summed E-state index contributed by atoms with van der Waals surface area (Å²) >= 11 is 5.66. The van der Waals surface area contributed by atoms with E-state index in [1.165, 1.54) is 0 Å². The summed E-state index contributed by atoms with van der Waals surface area (Å²) in [6.07, 6.45) is -0.264. The second-order valence-electron chi connectivity index (χ2n) is 8.54. The molecule has 3 aromatic carbocycles. The molecule has 1 aliphatic rings. The van der Waals surface area contributed by atoms with Gasteiger partial charge in [-0.1, -0.05) is 97.1 Å². The highest BCUT2D eigenvalue weighted by atomic mass is 32.1. The fraction of sp³-hybridized carbons (Fsp3) is 0.300. The molecule has 1 aliphatic heterocycles. The molecule has 0 amide bonds. The van der Waals surface area contributed by atoms with Crippen molar-refractivity contribution in [1.29, 1.82) is 0 Å². The van der Waals surface area contributed by atoms with E-state index in [0.29, 0.717) is 38.1 Å². The van der Waals surface area contributed by atoms with Gasteiger partial charge in [0.1, 0.15) is 12.2 Å². The average molecular weight is 505 g/mol. The minimum Gasteiger partial charge on any atom is -0.476 e. The zero-order valence-electron chi connectivity index (χ0n) is 20.2. The third-order valence-electron chi connectivity index (χ3n) is 5.85. The number of ether oxygens (including phenoxy) is 5. The first-order chi connectivity index (χ1) is 17.7. The summed E-state index contributed by atoms with van der Waals surface area (Å²) in [7, 11) is 0. The van der Waals surface area contributed by atoms with Crippen LogP contribution in [0.1, 0.15) is 16.7 Å². The Morgan fingerprint density at radius 2 is 1.22 bits per heavy atom. The summed E-state index contributed by atoms with van der Waals surface area (Å²) in [4.78, 5) is 0. The van der Waals surface area contributed by atoms with Crippen LogP contribution in [0.3, 0.4) is 0 Å². The van der Waals surface area contributed by atoms with Crippen molar-refractivity contribution in [2.75, 3.05) is 13.2 Å². The van der Waals surface area contributed by atoms with Crippen LogP contribution in [0.2, 0.25) is 0 Å². The maximum atomic E-state index is 6.42. The largest absolute Gasteiger partial charge is 0.476 e. The molecule has 6 heteroatoms. The molecule has 0 N–H and O–H groups in total. The van der Waals surface area contributed by atoms with Gasteiger partial charge in [0, 0.05) is 0 Å². The van der Waals surface area contributed by atoms with Crippen molar-refractivity contribution in [1.82, 2.24) is 0 Å². The summed E-state index contributed by atoms with van der Waals surface area (Å²) in [5.74, 6) is 0. The van der Waals surface area contributed by atoms with E-state index in [1.807, 2.05) is 91.0 Å². The second kappa shape index (κ2) is 14.0. The highest BCUT2D eigenvalue weighted by Crippen LogP contribution is 2.28. The lowest BCUT2D eigenvalue weighted by Gasteiger charge is -2.42. The van der Waals surface area contributed by atoms with Crippen LogP contribution in [0, 0.1) is 0 Å². The van der Waals surface area contributed by atoms with E-state index in [2.05, 4.69) is 6.58 Å². The Bertz CT molecular complexity index is 1060. The molecule has 3 aromatic rings. The molecule has 0 unspecified atom stereocenters. The molecule has 4 atom stereocenters. The Morgan fingerprint density at radius 1 is 0.694 bits per heavy atom. The lowest BCUT2D eigenvalue weighted by Crippen LogP contribution is -2.59. The molecule has 1 saturated heterocycles. The molecule has 5 nitrogen and oxygen atoms in total. The van der Waals surface area contributed by atoms with Crippen LogP contribution < -0.4 is 0 Å². The fourth-order valence-corrected chi connectivity index (χ4v) is 4.38. The smallest absolute Gasteiger partial charge is 0.192 e. The molecule has 0 saturated carbocycles. The monoisotopic (exact) mass is 504 g/mol. The zero-order valence-corrected chi connectivity index (χ0v) is 21.1. The van der Waals surface area contributed by atoms with Crippen molar-refractivity contribution in [2.24, 2.45) is 0 Å². The van der Waals surface area contributed by atoms with Crippen molar-refractivity contribution in [3.05, 3.63) is 120 Å². The van der Waals surface area contributed by atoms with Gasteiger partial charge in [-0.05, 0) is 28.9 Å². The number of benzene rings is 3. The maximum Gasteiger partial charge on any atom is 0.192 e.